The smallest absolute Gasteiger partial charge is 0.255 e. The quantitative estimate of drug-likeness (QED) is 0.751. The highest BCUT2D eigenvalue weighted by molar-refractivity contribution is 6.31. The van der Waals surface area contributed by atoms with Crippen LogP contribution in [0.2, 0.25) is 5.02 Å². The van der Waals surface area contributed by atoms with E-state index in [1.165, 1.54) is 25.7 Å². The van der Waals surface area contributed by atoms with Gasteiger partial charge in [0.25, 0.3) is 5.91 Å². The summed E-state index contributed by atoms with van der Waals surface area (Å²) < 4.78 is 11.0. The first kappa shape index (κ1) is 18.9. The Morgan fingerprint density at radius 2 is 2.00 bits per heavy atom. The van der Waals surface area contributed by atoms with Crippen molar-refractivity contribution < 1.29 is 14.3 Å². The fourth-order valence-electron chi connectivity index (χ4n) is 3.10. The van der Waals surface area contributed by atoms with E-state index in [-0.39, 0.29) is 6.61 Å². The molecule has 0 unspecified atom stereocenters. The van der Waals surface area contributed by atoms with Crippen LogP contribution in [0, 0.1) is 5.92 Å². The first-order valence-corrected chi connectivity index (χ1v) is 8.98. The fourth-order valence-corrected chi connectivity index (χ4v) is 3.32. The van der Waals surface area contributed by atoms with Gasteiger partial charge in [-0.15, -0.1) is 0 Å². The molecule has 0 bridgehead atoms. The number of nitrogens with one attached hydrogen (secondary N) is 1. The van der Waals surface area contributed by atoms with Gasteiger partial charge in [-0.05, 0) is 37.3 Å². The third-order valence-electron chi connectivity index (χ3n) is 4.45. The van der Waals surface area contributed by atoms with Gasteiger partial charge in [-0.3, -0.25) is 4.79 Å². The van der Waals surface area contributed by atoms with Gasteiger partial charge in [-0.2, -0.15) is 0 Å². The number of amides is 1. The zero-order valence-corrected chi connectivity index (χ0v) is 15.2. The van der Waals surface area contributed by atoms with Crippen molar-refractivity contribution in [3.63, 3.8) is 0 Å². The molecule has 0 heterocycles. The first-order valence-electron chi connectivity index (χ1n) is 8.61. The number of nitrogens with two attached hydrogens (primary N) is 1. The number of hydrogen-bond acceptors (Lipinski definition) is 4. The molecule has 1 aliphatic carbocycles. The Morgan fingerprint density at radius 3 is 2.67 bits per heavy atom. The summed E-state index contributed by atoms with van der Waals surface area (Å²) in [4.78, 5) is 10.9. The molecule has 24 heavy (non-hydrogen) atoms. The molecule has 0 radical (unpaired) electrons. The summed E-state index contributed by atoms with van der Waals surface area (Å²) in [5.41, 5.74) is 6.09. The van der Waals surface area contributed by atoms with Gasteiger partial charge in [-0.25, -0.2) is 0 Å². The van der Waals surface area contributed by atoms with E-state index in [0.717, 1.165) is 5.56 Å². The highest BCUT2D eigenvalue weighted by Crippen LogP contribution is 2.34. The topological polar surface area (TPSA) is 73.6 Å². The Bertz CT molecular complexity index is 565. The minimum atomic E-state index is -0.536. The van der Waals surface area contributed by atoms with Gasteiger partial charge >= 0.3 is 0 Å². The van der Waals surface area contributed by atoms with E-state index in [1.54, 1.807) is 6.07 Å². The molecular weight excluding hydrogens is 328 g/mol. The SMILES string of the molecule is CCOc1cc(CN[C@@H]2CCCC[C@@H]2C)c(Cl)cc1OCC(N)=O. The minimum Gasteiger partial charge on any atom is -0.490 e. The number of carbonyl (C=O) groups is 1. The molecular formula is C18H27ClN2O3. The summed E-state index contributed by atoms with van der Waals surface area (Å²) in [6.07, 6.45) is 5.08. The molecule has 1 aliphatic rings. The van der Waals surface area contributed by atoms with Crippen molar-refractivity contribution in [2.45, 2.75) is 52.1 Å². The third-order valence-corrected chi connectivity index (χ3v) is 4.80. The summed E-state index contributed by atoms with van der Waals surface area (Å²) in [5.74, 6) is 1.17. The van der Waals surface area contributed by atoms with Gasteiger partial charge < -0.3 is 20.5 Å². The Labute approximate surface area is 148 Å². The third kappa shape index (κ3) is 5.28. The second kappa shape index (κ2) is 9.14. The van der Waals surface area contributed by atoms with Crippen LogP contribution < -0.4 is 20.5 Å². The van der Waals surface area contributed by atoms with Crippen LogP contribution in [0.3, 0.4) is 0 Å². The lowest BCUT2D eigenvalue weighted by Gasteiger charge is -2.30. The summed E-state index contributed by atoms with van der Waals surface area (Å²) in [7, 11) is 0. The van der Waals surface area contributed by atoms with Crippen molar-refractivity contribution in [1.29, 1.82) is 0 Å². The van der Waals surface area contributed by atoms with Gasteiger partial charge in [0.1, 0.15) is 0 Å². The van der Waals surface area contributed by atoms with E-state index < -0.39 is 5.91 Å². The van der Waals surface area contributed by atoms with E-state index in [9.17, 15) is 4.79 Å². The normalized spacial score (nSPS) is 20.6. The number of ether oxygens (including phenoxy) is 2. The Morgan fingerprint density at radius 1 is 1.29 bits per heavy atom. The van der Waals surface area contributed by atoms with E-state index in [2.05, 4.69) is 12.2 Å². The summed E-state index contributed by atoms with van der Waals surface area (Å²) >= 11 is 6.38. The molecule has 0 aliphatic heterocycles. The maximum absolute atomic E-state index is 10.9. The maximum atomic E-state index is 10.9. The molecule has 0 spiro atoms. The molecule has 3 N–H and O–H groups in total. The largest absolute Gasteiger partial charge is 0.490 e. The molecule has 1 saturated carbocycles. The average Bonchev–Trinajstić information content (AvgIpc) is 2.55. The first-order chi connectivity index (χ1) is 11.5. The van der Waals surface area contributed by atoms with Crippen molar-refractivity contribution >= 4 is 17.5 Å². The fraction of sp³-hybridized carbons (Fsp3) is 0.611. The van der Waals surface area contributed by atoms with Crippen LogP contribution in [0.1, 0.15) is 45.1 Å². The lowest BCUT2D eigenvalue weighted by atomic mass is 9.86. The van der Waals surface area contributed by atoms with E-state index in [1.807, 2.05) is 13.0 Å². The number of rotatable bonds is 8. The molecule has 0 aromatic heterocycles. The van der Waals surface area contributed by atoms with Crippen molar-refractivity contribution in [3.8, 4) is 11.5 Å². The Hall–Kier alpha value is -1.46. The number of hydrogen-bond donors (Lipinski definition) is 2. The van der Waals surface area contributed by atoms with Crippen molar-refractivity contribution in [2.75, 3.05) is 13.2 Å². The number of halogens is 1. The lowest BCUT2D eigenvalue weighted by Crippen LogP contribution is -2.36. The highest BCUT2D eigenvalue weighted by atomic mass is 35.5. The van der Waals surface area contributed by atoms with Crippen LogP contribution in [0.4, 0.5) is 0 Å². The number of primary amides is 1. The van der Waals surface area contributed by atoms with Gasteiger partial charge in [0, 0.05) is 23.7 Å². The molecule has 6 heteroatoms. The van der Waals surface area contributed by atoms with Gasteiger partial charge in [0.05, 0.1) is 6.61 Å². The summed E-state index contributed by atoms with van der Waals surface area (Å²) in [5, 5.41) is 4.20. The van der Waals surface area contributed by atoms with Crippen LogP contribution >= 0.6 is 11.6 Å². The summed E-state index contributed by atoms with van der Waals surface area (Å²) in [6.45, 7) is 5.18. The van der Waals surface area contributed by atoms with Crippen LogP contribution in [-0.4, -0.2) is 25.2 Å². The standard InChI is InChI=1S/C18H27ClN2O3/c1-3-23-16-8-13(10-21-15-7-5-4-6-12(15)2)14(19)9-17(16)24-11-18(20)22/h8-9,12,15,21H,3-7,10-11H2,1-2H3,(H2,20,22)/t12-,15+/m0/s1. The summed E-state index contributed by atoms with van der Waals surface area (Å²) in [6, 6.07) is 4.09. The molecule has 2 rings (SSSR count). The number of carbonyl (C=O) groups excluding carboxylic acids is 1. The lowest BCUT2D eigenvalue weighted by molar-refractivity contribution is -0.119. The number of benzene rings is 1. The molecule has 1 aromatic carbocycles. The average molecular weight is 355 g/mol. The van der Waals surface area contributed by atoms with Crippen LogP contribution in [-0.2, 0) is 11.3 Å². The van der Waals surface area contributed by atoms with Gasteiger partial charge in [-0.1, -0.05) is 31.4 Å². The van der Waals surface area contributed by atoms with Crippen LogP contribution in [0.5, 0.6) is 11.5 Å². The molecule has 1 fully saturated rings. The second-order valence-corrected chi connectivity index (χ2v) is 6.73. The predicted octanol–water partition coefficient (Wildman–Crippen LogP) is 3.27. The zero-order valence-electron chi connectivity index (χ0n) is 14.4. The molecule has 0 saturated heterocycles. The zero-order chi connectivity index (χ0) is 17.5. The van der Waals surface area contributed by atoms with E-state index in [0.29, 0.717) is 41.6 Å². The second-order valence-electron chi connectivity index (χ2n) is 6.33. The van der Waals surface area contributed by atoms with E-state index in [4.69, 9.17) is 26.8 Å². The van der Waals surface area contributed by atoms with Gasteiger partial charge in [0.2, 0.25) is 0 Å². The molecule has 134 valence electrons. The van der Waals surface area contributed by atoms with Crippen LogP contribution in [0.15, 0.2) is 12.1 Å². The molecule has 1 amide bonds. The molecule has 5 nitrogen and oxygen atoms in total. The highest BCUT2D eigenvalue weighted by Gasteiger charge is 2.21. The Kier molecular flexibility index (Phi) is 7.18. The molecule has 1 aromatic rings. The van der Waals surface area contributed by atoms with Crippen molar-refractivity contribution in [1.82, 2.24) is 5.32 Å². The Balaban J connectivity index is 2.08. The van der Waals surface area contributed by atoms with Crippen molar-refractivity contribution in [3.05, 3.63) is 22.7 Å². The molecule has 2 atom stereocenters. The maximum Gasteiger partial charge on any atom is 0.255 e. The predicted molar refractivity (Wildman–Crippen MR) is 95.6 cm³/mol. The van der Waals surface area contributed by atoms with Gasteiger partial charge in [0.15, 0.2) is 18.1 Å². The van der Waals surface area contributed by atoms with Crippen LogP contribution in [0.25, 0.3) is 0 Å². The monoisotopic (exact) mass is 354 g/mol. The minimum absolute atomic E-state index is 0.201. The van der Waals surface area contributed by atoms with Crippen molar-refractivity contribution in [2.24, 2.45) is 11.7 Å². The van der Waals surface area contributed by atoms with E-state index >= 15 is 0 Å².